The molecule has 0 aromatic carbocycles. The van der Waals surface area contributed by atoms with Gasteiger partial charge in [0.15, 0.2) is 0 Å². The van der Waals surface area contributed by atoms with Crippen molar-refractivity contribution in [2.45, 2.75) is 50.7 Å². The van der Waals surface area contributed by atoms with E-state index in [0.29, 0.717) is 17.2 Å². The zero-order valence-corrected chi connectivity index (χ0v) is 10.2. The third-order valence-corrected chi connectivity index (χ3v) is 3.04. The molecule has 0 saturated heterocycles. The first kappa shape index (κ1) is 12.9. The summed E-state index contributed by atoms with van der Waals surface area (Å²) < 4.78 is 11.1. The number of hydrogen-bond acceptors (Lipinski definition) is 3. The summed E-state index contributed by atoms with van der Waals surface area (Å²) in [4.78, 5) is 0.581. The lowest BCUT2D eigenvalue weighted by Crippen LogP contribution is -2.27. The molecule has 0 aromatic heterocycles. The Morgan fingerprint density at radius 1 is 1.40 bits per heavy atom. The van der Waals surface area contributed by atoms with Crippen molar-refractivity contribution in [1.82, 2.24) is 0 Å². The van der Waals surface area contributed by atoms with Crippen LogP contribution >= 0.6 is 12.2 Å². The minimum Gasteiger partial charge on any atom is -0.393 e. The molecule has 1 rings (SSSR count). The van der Waals surface area contributed by atoms with Crippen molar-refractivity contribution >= 4 is 17.2 Å². The van der Waals surface area contributed by atoms with E-state index in [1.807, 2.05) is 0 Å². The molecule has 0 amide bonds. The van der Waals surface area contributed by atoms with E-state index in [4.69, 9.17) is 27.4 Å². The maximum atomic E-state index is 5.77. The van der Waals surface area contributed by atoms with Crippen molar-refractivity contribution in [2.24, 2.45) is 5.73 Å². The number of ether oxygens (including phenoxy) is 2. The Bertz CT molecular complexity index is 199. The molecule has 88 valence electrons. The topological polar surface area (TPSA) is 44.5 Å². The van der Waals surface area contributed by atoms with Crippen LogP contribution in [0, 0.1) is 0 Å². The van der Waals surface area contributed by atoms with E-state index in [1.54, 1.807) is 7.11 Å². The molecule has 1 aliphatic carbocycles. The van der Waals surface area contributed by atoms with E-state index in [9.17, 15) is 0 Å². The summed E-state index contributed by atoms with van der Waals surface area (Å²) in [6.45, 7) is 0.762. The van der Waals surface area contributed by atoms with E-state index in [-0.39, 0.29) is 0 Å². The van der Waals surface area contributed by atoms with Gasteiger partial charge in [-0.15, -0.1) is 0 Å². The van der Waals surface area contributed by atoms with Crippen LogP contribution in [-0.4, -0.2) is 30.9 Å². The Kier molecular flexibility index (Phi) is 6.13. The van der Waals surface area contributed by atoms with Crippen LogP contribution < -0.4 is 5.73 Å². The number of nitrogens with two attached hydrogens (primary N) is 1. The normalized spacial score (nSPS) is 26.5. The molecule has 4 heteroatoms. The Hall–Kier alpha value is -0.190. The van der Waals surface area contributed by atoms with Crippen molar-refractivity contribution < 1.29 is 9.47 Å². The summed E-state index contributed by atoms with van der Waals surface area (Å²) in [5.41, 5.74) is 5.41. The van der Waals surface area contributed by atoms with Crippen LogP contribution in [0.4, 0.5) is 0 Å². The average molecular weight is 231 g/mol. The molecule has 0 bridgehead atoms. The minimum absolute atomic E-state index is 0.370. The van der Waals surface area contributed by atoms with E-state index >= 15 is 0 Å². The van der Waals surface area contributed by atoms with Crippen molar-refractivity contribution in [2.75, 3.05) is 13.7 Å². The van der Waals surface area contributed by atoms with Crippen molar-refractivity contribution in [3.05, 3.63) is 0 Å². The number of hydrogen-bond donors (Lipinski definition) is 1. The number of methoxy groups -OCH3 is 1. The monoisotopic (exact) mass is 231 g/mol. The molecule has 1 fully saturated rings. The Morgan fingerprint density at radius 3 is 2.80 bits per heavy atom. The molecule has 2 atom stereocenters. The fraction of sp³-hybridized carbons (Fsp3) is 0.909. The van der Waals surface area contributed by atoms with Gasteiger partial charge in [0.2, 0.25) is 0 Å². The van der Waals surface area contributed by atoms with E-state index < -0.39 is 0 Å². The second-order valence-electron chi connectivity index (χ2n) is 4.09. The molecule has 2 N–H and O–H groups in total. The quantitative estimate of drug-likeness (QED) is 0.561. The largest absolute Gasteiger partial charge is 0.393 e. The SMILES string of the molecule is COC1CCCC(OCCCC(N)=S)C1. The molecule has 15 heavy (non-hydrogen) atoms. The molecular weight excluding hydrogens is 210 g/mol. The van der Waals surface area contributed by atoms with Gasteiger partial charge in [0.1, 0.15) is 0 Å². The number of thiocarbonyl (C=S) groups is 1. The Morgan fingerprint density at radius 2 is 2.13 bits per heavy atom. The van der Waals surface area contributed by atoms with E-state index in [0.717, 1.165) is 32.3 Å². The second-order valence-corrected chi connectivity index (χ2v) is 4.61. The molecule has 1 aliphatic rings. The van der Waals surface area contributed by atoms with Crippen LogP contribution in [0.5, 0.6) is 0 Å². The van der Waals surface area contributed by atoms with Gasteiger partial charge in [0, 0.05) is 13.7 Å². The third-order valence-electron chi connectivity index (χ3n) is 2.83. The fourth-order valence-electron chi connectivity index (χ4n) is 1.96. The average Bonchev–Trinajstić information content (AvgIpc) is 2.24. The molecule has 3 nitrogen and oxygen atoms in total. The highest BCUT2D eigenvalue weighted by Crippen LogP contribution is 2.23. The lowest BCUT2D eigenvalue weighted by atomic mass is 9.95. The van der Waals surface area contributed by atoms with Gasteiger partial charge in [-0.2, -0.15) is 0 Å². The first-order chi connectivity index (χ1) is 7.22. The van der Waals surface area contributed by atoms with Gasteiger partial charge in [-0.1, -0.05) is 12.2 Å². The highest BCUT2D eigenvalue weighted by Gasteiger charge is 2.21. The second kappa shape index (κ2) is 7.14. The molecule has 2 unspecified atom stereocenters. The smallest absolute Gasteiger partial charge is 0.0728 e. The molecule has 0 heterocycles. The van der Waals surface area contributed by atoms with Gasteiger partial charge < -0.3 is 15.2 Å². The predicted molar refractivity (Wildman–Crippen MR) is 65.0 cm³/mol. The van der Waals surface area contributed by atoms with Gasteiger partial charge >= 0.3 is 0 Å². The van der Waals surface area contributed by atoms with Gasteiger partial charge in [-0.25, -0.2) is 0 Å². The molecule has 0 spiro atoms. The molecule has 0 aliphatic heterocycles. The van der Waals surface area contributed by atoms with Crippen molar-refractivity contribution in [1.29, 1.82) is 0 Å². The number of rotatable bonds is 6. The molecule has 0 aromatic rings. The lowest BCUT2D eigenvalue weighted by molar-refractivity contribution is -0.0295. The lowest BCUT2D eigenvalue weighted by Gasteiger charge is -2.28. The molecular formula is C11H21NO2S. The van der Waals surface area contributed by atoms with Crippen LogP contribution in [-0.2, 0) is 9.47 Å². The third kappa shape index (κ3) is 5.44. The maximum absolute atomic E-state index is 5.77. The van der Waals surface area contributed by atoms with Gasteiger partial charge in [0.25, 0.3) is 0 Å². The summed E-state index contributed by atoms with van der Waals surface area (Å²) in [6, 6.07) is 0. The first-order valence-corrected chi connectivity index (χ1v) is 6.06. The minimum atomic E-state index is 0.370. The molecule has 1 saturated carbocycles. The van der Waals surface area contributed by atoms with Gasteiger partial charge in [-0.3, -0.25) is 0 Å². The van der Waals surface area contributed by atoms with Crippen LogP contribution in [0.2, 0.25) is 0 Å². The zero-order chi connectivity index (χ0) is 11.1. The Balaban J connectivity index is 2.07. The summed E-state index contributed by atoms with van der Waals surface area (Å²) in [5, 5.41) is 0. The fourth-order valence-corrected chi connectivity index (χ4v) is 2.11. The van der Waals surface area contributed by atoms with Crippen LogP contribution in [0.3, 0.4) is 0 Å². The maximum Gasteiger partial charge on any atom is 0.0728 e. The van der Waals surface area contributed by atoms with Crippen molar-refractivity contribution in [3.63, 3.8) is 0 Å². The summed E-state index contributed by atoms with van der Waals surface area (Å²) >= 11 is 4.81. The zero-order valence-electron chi connectivity index (χ0n) is 9.41. The highest BCUT2D eigenvalue weighted by molar-refractivity contribution is 7.80. The summed E-state index contributed by atoms with van der Waals surface area (Å²) in [6.07, 6.45) is 7.05. The standard InChI is InChI=1S/C11H21NO2S/c1-13-9-4-2-5-10(8-9)14-7-3-6-11(12)15/h9-10H,2-8H2,1H3,(H2,12,15). The van der Waals surface area contributed by atoms with Crippen LogP contribution in [0.1, 0.15) is 38.5 Å². The predicted octanol–water partition coefficient (Wildman–Crippen LogP) is 2.03. The van der Waals surface area contributed by atoms with Crippen LogP contribution in [0.25, 0.3) is 0 Å². The Labute approximate surface area is 97.3 Å². The van der Waals surface area contributed by atoms with Crippen molar-refractivity contribution in [3.8, 4) is 0 Å². The van der Waals surface area contributed by atoms with Crippen LogP contribution in [0.15, 0.2) is 0 Å². The highest BCUT2D eigenvalue weighted by atomic mass is 32.1. The molecule has 0 radical (unpaired) electrons. The summed E-state index contributed by atoms with van der Waals surface area (Å²) in [7, 11) is 1.78. The first-order valence-electron chi connectivity index (χ1n) is 5.65. The van der Waals surface area contributed by atoms with E-state index in [1.165, 1.54) is 12.8 Å². The van der Waals surface area contributed by atoms with Gasteiger partial charge in [0.05, 0.1) is 17.2 Å². The van der Waals surface area contributed by atoms with E-state index in [2.05, 4.69) is 0 Å². The van der Waals surface area contributed by atoms with Gasteiger partial charge in [-0.05, 0) is 38.5 Å². The summed E-state index contributed by atoms with van der Waals surface area (Å²) in [5.74, 6) is 0.